The maximum absolute atomic E-state index is 4.94. The maximum Gasteiger partial charge on any atom is 0.00594 e. The average Bonchev–Trinajstić information content (AvgIpc) is 2.78. The van der Waals surface area contributed by atoms with Crippen molar-refractivity contribution in [2.75, 3.05) is 12.8 Å². The van der Waals surface area contributed by atoms with Crippen LogP contribution in [0.2, 0.25) is 0 Å². The summed E-state index contributed by atoms with van der Waals surface area (Å²) in [5, 5.41) is 0. The summed E-state index contributed by atoms with van der Waals surface area (Å²) in [7, 11) is -0.226. The fraction of sp³-hybridized carbons (Fsp3) is 0.706. The van der Waals surface area contributed by atoms with Gasteiger partial charge in [0.1, 0.15) is 0 Å². The number of unbranched alkanes of at least 4 members (excludes halogenated alkanes) is 2. The number of hydrogen-bond donors (Lipinski definition) is 1. The summed E-state index contributed by atoms with van der Waals surface area (Å²) < 4.78 is 0. The van der Waals surface area contributed by atoms with Crippen LogP contribution in [0.25, 0.3) is 0 Å². The van der Waals surface area contributed by atoms with Gasteiger partial charge in [-0.25, -0.2) is 0 Å². The van der Waals surface area contributed by atoms with E-state index in [0.717, 1.165) is 6.42 Å². The molecule has 202 valence electrons. The van der Waals surface area contributed by atoms with Gasteiger partial charge < -0.3 is 0 Å². The highest BCUT2D eigenvalue weighted by molar-refractivity contribution is 8.45. The van der Waals surface area contributed by atoms with Crippen LogP contribution >= 0.6 is 19.4 Å². The normalized spacial score (nSPS) is 23.3. The predicted octanol–water partition coefficient (Wildman–Crippen LogP) is 11.2. The number of thiol groups is 1. The molecule has 0 radical (unpaired) electrons. The zero-order valence-electron chi connectivity index (χ0n) is 24.7. The van der Waals surface area contributed by atoms with Gasteiger partial charge in [-0.3, -0.25) is 0 Å². The lowest BCUT2D eigenvalue weighted by atomic mass is 9.63. The molecule has 36 heavy (non-hydrogen) atoms. The van der Waals surface area contributed by atoms with Crippen LogP contribution in [0, 0.1) is 23.7 Å². The molecule has 0 aromatic heterocycles. The monoisotopic (exact) mass is 526 g/mol. The van der Waals surface area contributed by atoms with E-state index in [9.17, 15) is 0 Å². The number of aryl methyl sites for hydroxylation is 2. The summed E-state index contributed by atoms with van der Waals surface area (Å²) >= 11 is 4.94. The maximum atomic E-state index is 4.94. The first-order valence-electron chi connectivity index (χ1n) is 14.8. The van der Waals surface area contributed by atoms with Crippen LogP contribution in [-0.4, -0.2) is 12.8 Å². The molecule has 3 rings (SSSR count). The van der Waals surface area contributed by atoms with Gasteiger partial charge in [0, 0.05) is 5.92 Å². The number of benzene rings is 1. The van der Waals surface area contributed by atoms with E-state index in [2.05, 4.69) is 66.4 Å². The van der Waals surface area contributed by atoms with E-state index in [1.54, 1.807) is 22.3 Å². The molecule has 0 bridgehead atoms. The first kappa shape index (κ1) is 30.0. The highest BCUT2D eigenvalue weighted by atomic mass is 32.7. The van der Waals surface area contributed by atoms with Crippen LogP contribution in [0.4, 0.5) is 0 Å². The molecule has 1 aromatic carbocycles. The van der Waals surface area contributed by atoms with Gasteiger partial charge in [-0.1, -0.05) is 103 Å². The van der Waals surface area contributed by atoms with Crippen LogP contribution in [0.15, 0.2) is 35.9 Å². The lowest BCUT2D eigenvalue weighted by Gasteiger charge is -2.42. The molecule has 0 nitrogen and oxygen atoms in total. The molecule has 0 N–H and O–H groups in total. The van der Waals surface area contributed by atoms with Gasteiger partial charge in [0.15, 0.2) is 0 Å². The lowest BCUT2D eigenvalue weighted by Crippen LogP contribution is -2.31. The second-order valence-electron chi connectivity index (χ2n) is 13.4. The fourth-order valence-electron chi connectivity index (χ4n) is 7.33. The van der Waals surface area contributed by atoms with Crippen molar-refractivity contribution in [1.82, 2.24) is 0 Å². The summed E-state index contributed by atoms with van der Waals surface area (Å²) in [6.45, 7) is 21.6. The fourth-order valence-corrected chi connectivity index (χ4v) is 9.56. The van der Waals surface area contributed by atoms with Crippen LogP contribution < -0.4 is 0 Å². The minimum atomic E-state index is -0.226. The Morgan fingerprint density at radius 3 is 2.42 bits per heavy atom. The third kappa shape index (κ3) is 7.53. The molecule has 0 spiro atoms. The Bertz CT molecular complexity index is 910. The molecule has 1 aromatic rings. The van der Waals surface area contributed by atoms with Crippen molar-refractivity contribution in [3.63, 3.8) is 0 Å². The Hall–Kier alpha value is -0.520. The predicted molar refractivity (Wildman–Crippen MR) is 168 cm³/mol. The molecule has 3 atom stereocenters. The molecule has 0 heterocycles. The van der Waals surface area contributed by atoms with E-state index in [4.69, 9.17) is 18.8 Å². The van der Waals surface area contributed by atoms with Crippen LogP contribution in [-0.2, 0) is 12.8 Å². The van der Waals surface area contributed by atoms with Crippen molar-refractivity contribution in [3.05, 3.63) is 58.2 Å². The van der Waals surface area contributed by atoms with E-state index < -0.39 is 0 Å². The van der Waals surface area contributed by atoms with Gasteiger partial charge >= 0.3 is 0 Å². The second kappa shape index (κ2) is 13.0. The largest absolute Gasteiger partial charge is 0.151 e. The highest BCUT2D eigenvalue weighted by Gasteiger charge is 2.38. The van der Waals surface area contributed by atoms with E-state index >= 15 is 0 Å². The van der Waals surface area contributed by atoms with Crippen LogP contribution in [0.5, 0.6) is 0 Å². The van der Waals surface area contributed by atoms with E-state index in [1.165, 1.54) is 87.9 Å². The molecule has 0 aliphatic heterocycles. The first-order chi connectivity index (χ1) is 17.0. The Morgan fingerprint density at radius 2 is 1.81 bits per heavy atom. The molecule has 1 saturated carbocycles. The molecular weight excluding hydrogens is 471 g/mol. The Kier molecular flexibility index (Phi) is 10.9. The summed E-state index contributed by atoms with van der Waals surface area (Å²) in [5.74, 6) is 1.20. The third-order valence-electron chi connectivity index (χ3n) is 9.29. The summed E-state index contributed by atoms with van der Waals surface area (Å²) in [6, 6.07) is 5.14. The molecule has 0 saturated heterocycles. The van der Waals surface area contributed by atoms with Crippen molar-refractivity contribution < 1.29 is 0 Å². The SMILES string of the molecule is C=C(Cc1cc(CCCCC)cc(C)c1C1C=C(C)CCC1C(C)(C)C)C1(CP(C)S)CCCCC1. The number of rotatable bonds is 10. The number of hydrogen-bond acceptors (Lipinski definition) is 1. The molecule has 2 aliphatic carbocycles. The van der Waals surface area contributed by atoms with E-state index in [1.807, 2.05) is 0 Å². The standard InChI is InChI=1S/C34H55PS/c1-9-10-12-15-28-21-26(3)32(30-20-25(2)16-17-31(30)33(5,6)7)29(23-28)22-27(4)34(24-35(8)36)18-13-11-14-19-34/h20-21,23,30-31,36H,4,9-19,22,24H2,1-3,5-8H3. The number of allylic oxidation sites excluding steroid dienone is 3. The minimum absolute atomic E-state index is 0.226. The molecule has 2 heteroatoms. The second-order valence-corrected chi connectivity index (χ2v) is 17.1. The molecule has 2 aliphatic rings. The molecule has 0 amide bonds. The lowest BCUT2D eigenvalue weighted by molar-refractivity contribution is 0.197. The summed E-state index contributed by atoms with van der Waals surface area (Å²) in [6.07, 6.45) is 19.3. The smallest absolute Gasteiger partial charge is 0.00594 e. The molecule has 1 fully saturated rings. The molecule has 3 unspecified atom stereocenters. The minimum Gasteiger partial charge on any atom is -0.151 e. The highest BCUT2D eigenvalue weighted by Crippen LogP contribution is 2.53. The van der Waals surface area contributed by atoms with Gasteiger partial charge in [-0.05, 0) is 111 Å². The molecular formula is C34H55PS. The topological polar surface area (TPSA) is 0 Å². The summed E-state index contributed by atoms with van der Waals surface area (Å²) in [4.78, 5) is 0. The van der Waals surface area contributed by atoms with Crippen molar-refractivity contribution in [3.8, 4) is 0 Å². The van der Waals surface area contributed by atoms with Crippen LogP contribution in [0.1, 0.15) is 127 Å². The average molecular weight is 527 g/mol. The summed E-state index contributed by atoms with van der Waals surface area (Å²) in [5.41, 5.74) is 9.95. The van der Waals surface area contributed by atoms with Crippen molar-refractivity contribution in [2.45, 2.75) is 125 Å². The van der Waals surface area contributed by atoms with Gasteiger partial charge in [-0.2, -0.15) is 12.2 Å². The zero-order valence-corrected chi connectivity index (χ0v) is 26.5. The van der Waals surface area contributed by atoms with Gasteiger partial charge in [0.25, 0.3) is 0 Å². The Morgan fingerprint density at radius 1 is 1.11 bits per heavy atom. The van der Waals surface area contributed by atoms with Crippen LogP contribution in [0.3, 0.4) is 0 Å². The Labute approximate surface area is 231 Å². The van der Waals surface area contributed by atoms with E-state index in [0.29, 0.717) is 22.7 Å². The third-order valence-corrected chi connectivity index (χ3v) is 10.8. The Balaban J connectivity index is 2.07. The van der Waals surface area contributed by atoms with E-state index in [-0.39, 0.29) is 7.12 Å². The van der Waals surface area contributed by atoms with Gasteiger partial charge in [-0.15, -0.1) is 0 Å². The van der Waals surface area contributed by atoms with Crippen molar-refractivity contribution in [2.24, 2.45) is 16.7 Å². The van der Waals surface area contributed by atoms with Crippen molar-refractivity contribution >= 4 is 19.4 Å². The first-order valence-corrected chi connectivity index (χ1v) is 18.0. The quantitative estimate of drug-likeness (QED) is 0.133. The van der Waals surface area contributed by atoms with Gasteiger partial charge in [0.2, 0.25) is 0 Å². The van der Waals surface area contributed by atoms with Gasteiger partial charge in [0.05, 0.1) is 0 Å². The zero-order chi connectivity index (χ0) is 26.5. The van der Waals surface area contributed by atoms with Crippen molar-refractivity contribution in [1.29, 1.82) is 0 Å².